The van der Waals surface area contributed by atoms with E-state index in [4.69, 9.17) is 28.6 Å². The van der Waals surface area contributed by atoms with Gasteiger partial charge in [-0.25, -0.2) is 4.79 Å². The molecule has 2 heterocycles. The average molecular weight is 556 g/mol. The molecule has 3 aromatic rings. The maximum absolute atomic E-state index is 13.5. The fourth-order valence-corrected chi connectivity index (χ4v) is 5.53. The fourth-order valence-electron chi connectivity index (χ4n) is 4.09. The summed E-state index contributed by atoms with van der Waals surface area (Å²) >= 11 is 13.4. The van der Waals surface area contributed by atoms with Crippen LogP contribution in [0.1, 0.15) is 34.1 Å². The van der Waals surface area contributed by atoms with Gasteiger partial charge in [0, 0.05) is 22.1 Å². The molecule has 7 nitrogen and oxygen atoms in total. The Morgan fingerprint density at radius 3 is 2.43 bits per heavy atom. The highest BCUT2D eigenvalue weighted by molar-refractivity contribution is 7.80. The van der Waals surface area contributed by atoms with Crippen molar-refractivity contribution in [2.45, 2.75) is 32.7 Å². The highest BCUT2D eigenvalue weighted by Gasteiger charge is 2.44. The van der Waals surface area contributed by atoms with Crippen LogP contribution < -0.4 is 10.2 Å². The molecule has 1 saturated heterocycles. The zero-order valence-corrected chi connectivity index (χ0v) is 22.8. The van der Waals surface area contributed by atoms with Gasteiger partial charge in [-0.3, -0.25) is 14.5 Å². The van der Waals surface area contributed by atoms with Gasteiger partial charge in [-0.1, -0.05) is 11.6 Å². The van der Waals surface area contributed by atoms with Crippen molar-refractivity contribution >= 4 is 69.4 Å². The number of rotatable bonds is 9. The summed E-state index contributed by atoms with van der Waals surface area (Å²) in [4.78, 5) is 42.9. The number of hydrogen-bond acceptors (Lipinski definition) is 6. The van der Waals surface area contributed by atoms with Crippen LogP contribution in [0.5, 0.6) is 0 Å². The van der Waals surface area contributed by atoms with E-state index in [9.17, 15) is 14.4 Å². The van der Waals surface area contributed by atoms with Gasteiger partial charge in [0.05, 0.1) is 24.3 Å². The third-order valence-electron chi connectivity index (χ3n) is 6.01. The molecule has 2 aromatic carbocycles. The van der Waals surface area contributed by atoms with Crippen molar-refractivity contribution in [3.05, 3.63) is 81.0 Å². The normalized spacial score (nSPS) is 15.3. The number of thiocarbonyl (C=S) groups is 1. The van der Waals surface area contributed by atoms with Gasteiger partial charge < -0.3 is 15.0 Å². The van der Waals surface area contributed by atoms with E-state index in [-0.39, 0.29) is 24.8 Å². The van der Waals surface area contributed by atoms with Crippen molar-refractivity contribution < 1.29 is 19.1 Å². The number of halogens is 1. The van der Waals surface area contributed by atoms with E-state index in [1.54, 1.807) is 66.8 Å². The van der Waals surface area contributed by atoms with Gasteiger partial charge in [-0.2, -0.15) is 0 Å². The van der Waals surface area contributed by atoms with Crippen LogP contribution >= 0.6 is 35.2 Å². The molecule has 37 heavy (non-hydrogen) atoms. The average Bonchev–Trinajstić information content (AvgIpc) is 3.38. The molecule has 10 heteroatoms. The van der Waals surface area contributed by atoms with E-state index < -0.39 is 12.0 Å². The molecule has 0 saturated carbocycles. The molecule has 0 radical (unpaired) electrons. The number of thiophene rings is 1. The molecule has 1 fully saturated rings. The number of benzene rings is 2. The zero-order valence-electron chi connectivity index (χ0n) is 20.4. The molecule has 0 unspecified atom stereocenters. The van der Waals surface area contributed by atoms with Crippen LogP contribution in [0, 0.1) is 6.92 Å². The summed E-state index contributed by atoms with van der Waals surface area (Å²) in [5, 5.41) is 5.77. The SMILES string of the molecule is CCOC(=O)c1ccc(NC(=O)C[C@H]2C(=O)N(c3ccc(Cl)cc3)C(=S)N2CCc2sccc2C)cc1. The minimum absolute atomic E-state index is 0.0773. The zero-order chi connectivity index (χ0) is 26.5. The second-order valence-corrected chi connectivity index (χ2v) is 10.3. The minimum Gasteiger partial charge on any atom is -0.462 e. The lowest BCUT2D eigenvalue weighted by Crippen LogP contribution is -2.39. The standard InChI is InChI=1S/C27H26ClN3O4S2/c1-3-35-26(34)18-4-8-20(9-5-18)29-24(32)16-22-25(33)31(21-10-6-19(28)7-11-21)27(36)30(22)14-12-23-17(2)13-15-37-23/h4-11,13,15,22H,3,12,14,16H2,1-2H3,(H,29,32)/t22-/m0/s1. The van der Waals surface area contributed by atoms with Crippen LogP contribution in [0.15, 0.2) is 60.0 Å². The largest absolute Gasteiger partial charge is 0.462 e. The number of carbonyl (C=O) groups is 3. The van der Waals surface area contributed by atoms with E-state index in [0.717, 1.165) is 0 Å². The van der Waals surface area contributed by atoms with E-state index in [2.05, 4.69) is 18.3 Å². The molecule has 1 aliphatic heterocycles. The predicted molar refractivity (Wildman–Crippen MR) is 150 cm³/mol. The Bertz CT molecular complexity index is 1310. The maximum Gasteiger partial charge on any atom is 0.338 e. The van der Waals surface area contributed by atoms with Crippen LogP contribution in [0.25, 0.3) is 0 Å². The predicted octanol–water partition coefficient (Wildman–Crippen LogP) is 5.46. The Balaban J connectivity index is 1.51. The van der Waals surface area contributed by atoms with Crippen LogP contribution in [0.2, 0.25) is 5.02 Å². The van der Waals surface area contributed by atoms with E-state index in [1.165, 1.54) is 15.3 Å². The topological polar surface area (TPSA) is 78.9 Å². The molecular weight excluding hydrogens is 530 g/mol. The molecular formula is C27H26ClN3O4S2. The van der Waals surface area contributed by atoms with Crippen molar-refractivity contribution in [2.24, 2.45) is 0 Å². The smallest absolute Gasteiger partial charge is 0.338 e. The summed E-state index contributed by atoms with van der Waals surface area (Å²) in [5.74, 6) is -1.02. The first-order valence-electron chi connectivity index (χ1n) is 11.8. The molecule has 1 aromatic heterocycles. The summed E-state index contributed by atoms with van der Waals surface area (Å²) in [6, 6.07) is 14.6. The number of nitrogens with one attached hydrogen (secondary N) is 1. The molecule has 192 valence electrons. The Morgan fingerprint density at radius 2 is 1.81 bits per heavy atom. The minimum atomic E-state index is -0.748. The number of esters is 1. The van der Waals surface area contributed by atoms with Gasteiger partial charge in [0.25, 0.3) is 5.91 Å². The summed E-state index contributed by atoms with van der Waals surface area (Å²) in [5.41, 5.74) is 2.71. The quantitative estimate of drug-likeness (QED) is 0.279. The molecule has 0 spiro atoms. The number of nitrogens with zero attached hydrogens (tertiary/aromatic N) is 2. The molecule has 1 N–H and O–H groups in total. The summed E-state index contributed by atoms with van der Waals surface area (Å²) < 4.78 is 4.99. The first-order valence-corrected chi connectivity index (χ1v) is 13.4. The van der Waals surface area contributed by atoms with Gasteiger partial charge in [0.2, 0.25) is 5.91 Å². The second kappa shape index (κ2) is 11.9. The lowest BCUT2D eigenvalue weighted by Gasteiger charge is -2.24. The van der Waals surface area contributed by atoms with Gasteiger partial charge in [-0.05, 0) is 98.0 Å². The van der Waals surface area contributed by atoms with Crippen LogP contribution in [-0.4, -0.2) is 47.0 Å². The highest BCUT2D eigenvalue weighted by Crippen LogP contribution is 2.29. The van der Waals surface area contributed by atoms with Crippen LogP contribution in [0.3, 0.4) is 0 Å². The lowest BCUT2D eigenvalue weighted by atomic mass is 10.1. The highest BCUT2D eigenvalue weighted by atomic mass is 35.5. The number of carbonyl (C=O) groups excluding carboxylic acids is 3. The lowest BCUT2D eigenvalue weighted by molar-refractivity contribution is -0.124. The Kier molecular flexibility index (Phi) is 8.58. The second-order valence-electron chi connectivity index (χ2n) is 8.47. The van der Waals surface area contributed by atoms with Crippen molar-refractivity contribution in [3.63, 3.8) is 0 Å². The molecule has 1 atom stereocenters. The maximum atomic E-state index is 13.5. The van der Waals surface area contributed by atoms with E-state index >= 15 is 0 Å². The number of amides is 2. The fraction of sp³-hybridized carbons (Fsp3) is 0.259. The molecule has 1 aliphatic rings. The third kappa shape index (κ3) is 6.18. The Hall–Kier alpha value is -3.27. The summed E-state index contributed by atoms with van der Waals surface area (Å²) in [6.07, 6.45) is 0.630. The third-order valence-corrected chi connectivity index (χ3v) is 7.76. The van der Waals surface area contributed by atoms with E-state index in [0.29, 0.717) is 40.0 Å². The van der Waals surface area contributed by atoms with Gasteiger partial charge in [-0.15, -0.1) is 11.3 Å². The van der Waals surface area contributed by atoms with Crippen LogP contribution in [-0.2, 0) is 20.7 Å². The number of anilines is 2. The van der Waals surface area contributed by atoms with Crippen molar-refractivity contribution in [2.75, 3.05) is 23.4 Å². The molecule has 4 rings (SSSR count). The number of ether oxygens (including phenoxy) is 1. The van der Waals surface area contributed by atoms with E-state index in [1.807, 2.05) is 10.3 Å². The Labute approximate surface area is 230 Å². The monoisotopic (exact) mass is 555 g/mol. The molecule has 2 amide bonds. The first kappa shape index (κ1) is 26.8. The van der Waals surface area contributed by atoms with Gasteiger partial charge >= 0.3 is 5.97 Å². The van der Waals surface area contributed by atoms with Crippen molar-refractivity contribution in [1.29, 1.82) is 0 Å². The number of aryl methyl sites for hydroxylation is 1. The first-order chi connectivity index (χ1) is 17.8. The molecule has 0 aliphatic carbocycles. The summed E-state index contributed by atoms with van der Waals surface area (Å²) in [7, 11) is 0. The van der Waals surface area contributed by atoms with Crippen molar-refractivity contribution in [3.8, 4) is 0 Å². The summed E-state index contributed by atoms with van der Waals surface area (Å²) in [6.45, 7) is 4.57. The Morgan fingerprint density at radius 1 is 1.11 bits per heavy atom. The van der Waals surface area contributed by atoms with Gasteiger partial charge in [0.15, 0.2) is 5.11 Å². The number of hydrogen-bond donors (Lipinski definition) is 1. The molecule has 0 bridgehead atoms. The van der Waals surface area contributed by atoms with Crippen molar-refractivity contribution in [1.82, 2.24) is 4.90 Å². The van der Waals surface area contributed by atoms with Gasteiger partial charge in [0.1, 0.15) is 6.04 Å². The van der Waals surface area contributed by atoms with Crippen LogP contribution in [0.4, 0.5) is 11.4 Å².